The molecule has 174 valence electrons. The first-order valence-corrected chi connectivity index (χ1v) is 13.2. The van der Waals surface area contributed by atoms with Crippen LogP contribution in [0.15, 0.2) is 52.3 Å². The third kappa shape index (κ3) is 5.39. The number of benzene rings is 2. The van der Waals surface area contributed by atoms with Gasteiger partial charge in [-0.3, -0.25) is 19.1 Å². The zero-order chi connectivity index (χ0) is 23.6. The van der Waals surface area contributed by atoms with Crippen LogP contribution in [-0.4, -0.2) is 49.8 Å². The van der Waals surface area contributed by atoms with Crippen LogP contribution in [0, 0.1) is 5.92 Å². The predicted molar refractivity (Wildman–Crippen MR) is 127 cm³/mol. The zero-order valence-electron chi connectivity index (χ0n) is 18.2. The SMILES string of the molecule is CC(=O)c1cccc(NS(=O)(=O)c2ccc3c(c2)NC(=O)[C@@H](CC(=O)N2CCCC2)CS3)c1. The van der Waals surface area contributed by atoms with Crippen LogP contribution in [0.1, 0.15) is 36.5 Å². The Morgan fingerprint density at radius 2 is 1.91 bits per heavy atom. The highest BCUT2D eigenvalue weighted by molar-refractivity contribution is 7.99. The molecule has 2 aromatic carbocycles. The van der Waals surface area contributed by atoms with Gasteiger partial charge in [-0.25, -0.2) is 8.42 Å². The number of sulfonamides is 1. The van der Waals surface area contributed by atoms with Gasteiger partial charge in [0.05, 0.1) is 16.5 Å². The molecule has 0 spiro atoms. The molecule has 1 fully saturated rings. The minimum atomic E-state index is -3.94. The Balaban J connectivity index is 1.50. The Labute approximate surface area is 197 Å². The number of anilines is 2. The van der Waals surface area contributed by atoms with E-state index >= 15 is 0 Å². The van der Waals surface area contributed by atoms with E-state index in [1.54, 1.807) is 29.2 Å². The lowest BCUT2D eigenvalue weighted by atomic mass is 10.1. The Morgan fingerprint density at radius 3 is 2.64 bits per heavy atom. The van der Waals surface area contributed by atoms with Crippen molar-refractivity contribution in [3.05, 3.63) is 48.0 Å². The normalized spacial score (nSPS) is 18.3. The smallest absolute Gasteiger partial charge is 0.261 e. The molecule has 2 aromatic rings. The highest BCUT2D eigenvalue weighted by Gasteiger charge is 2.30. The molecule has 2 amide bonds. The van der Waals surface area contributed by atoms with Gasteiger partial charge in [-0.15, -0.1) is 11.8 Å². The van der Waals surface area contributed by atoms with Crippen molar-refractivity contribution in [3.8, 4) is 0 Å². The van der Waals surface area contributed by atoms with E-state index < -0.39 is 15.9 Å². The summed E-state index contributed by atoms with van der Waals surface area (Å²) in [5.41, 5.74) is 1.08. The van der Waals surface area contributed by atoms with Crippen molar-refractivity contribution >= 4 is 50.8 Å². The highest BCUT2D eigenvalue weighted by atomic mass is 32.2. The van der Waals surface area contributed by atoms with Crippen molar-refractivity contribution in [2.45, 2.75) is 36.0 Å². The fraction of sp³-hybridized carbons (Fsp3) is 0.348. The third-order valence-corrected chi connectivity index (χ3v) is 8.35. The van der Waals surface area contributed by atoms with E-state index in [9.17, 15) is 22.8 Å². The third-order valence-electron chi connectivity index (χ3n) is 5.73. The maximum Gasteiger partial charge on any atom is 0.261 e. The molecule has 10 heteroatoms. The largest absolute Gasteiger partial charge is 0.343 e. The Morgan fingerprint density at radius 1 is 1.15 bits per heavy atom. The van der Waals surface area contributed by atoms with Gasteiger partial charge in [-0.1, -0.05) is 12.1 Å². The number of nitrogens with zero attached hydrogens (tertiary/aromatic N) is 1. The van der Waals surface area contributed by atoms with Gasteiger partial charge in [-0.2, -0.15) is 0 Å². The van der Waals surface area contributed by atoms with Crippen molar-refractivity contribution in [2.24, 2.45) is 5.92 Å². The number of ketones is 1. The topological polar surface area (TPSA) is 113 Å². The summed E-state index contributed by atoms with van der Waals surface area (Å²) in [6.45, 7) is 2.89. The van der Waals surface area contributed by atoms with Gasteiger partial charge in [0, 0.05) is 41.4 Å². The van der Waals surface area contributed by atoms with E-state index in [4.69, 9.17) is 0 Å². The number of hydrogen-bond acceptors (Lipinski definition) is 6. The number of amides is 2. The number of thioether (sulfide) groups is 1. The van der Waals surface area contributed by atoms with Crippen LogP contribution in [-0.2, 0) is 19.6 Å². The van der Waals surface area contributed by atoms with Gasteiger partial charge in [0.15, 0.2) is 5.78 Å². The molecule has 2 aliphatic heterocycles. The maximum atomic E-state index is 12.9. The van der Waals surface area contributed by atoms with Gasteiger partial charge >= 0.3 is 0 Å². The first-order chi connectivity index (χ1) is 15.7. The van der Waals surface area contributed by atoms with Gasteiger partial charge in [0.1, 0.15) is 0 Å². The summed E-state index contributed by atoms with van der Waals surface area (Å²) in [6.07, 6.45) is 2.13. The number of nitrogens with one attached hydrogen (secondary N) is 2. The predicted octanol–water partition coefficient (Wildman–Crippen LogP) is 3.36. The molecule has 1 saturated heterocycles. The summed E-state index contributed by atoms with van der Waals surface area (Å²) in [6, 6.07) is 10.8. The number of rotatable bonds is 6. The van der Waals surface area contributed by atoms with Crippen LogP contribution in [0.5, 0.6) is 0 Å². The lowest BCUT2D eigenvalue weighted by molar-refractivity contribution is -0.133. The molecule has 33 heavy (non-hydrogen) atoms. The Kier molecular flexibility index (Phi) is 6.76. The second-order valence-corrected chi connectivity index (χ2v) is 10.9. The molecule has 0 aliphatic carbocycles. The molecule has 0 aromatic heterocycles. The first-order valence-electron chi connectivity index (χ1n) is 10.7. The molecular weight excluding hydrogens is 462 g/mol. The van der Waals surface area contributed by atoms with Crippen LogP contribution in [0.2, 0.25) is 0 Å². The molecular formula is C23H25N3O5S2. The zero-order valence-corrected chi connectivity index (χ0v) is 19.8. The standard InChI is InChI=1S/C23H25N3O5S2/c1-15(27)16-5-4-6-18(11-16)25-33(30,31)19-7-8-21-20(13-19)24-23(29)17(14-32-21)12-22(28)26-9-2-3-10-26/h4-8,11,13,17,25H,2-3,9-10,12,14H2,1H3,(H,24,29)/t17-/m0/s1. The molecule has 0 bridgehead atoms. The summed E-state index contributed by atoms with van der Waals surface area (Å²) in [5.74, 6) is -0.507. The van der Waals surface area contributed by atoms with E-state index in [-0.39, 0.29) is 34.6 Å². The van der Waals surface area contributed by atoms with Crippen LogP contribution in [0.25, 0.3) is 0 Å². The summed E-state index contributed by atoms with van der Waals surface area (Å²) in [7, 11) is -3.94. The fourth-order valence-corrected chi connectivity index (χ4v) is 6.03. The lowest BCUT2D eigenvalue weighted by Gasteiger charge is -2.18. The van der Waals surface area contributed by atoms with Crippen molar-refractivity contribution in [1.29, 1.82) is 0 Å². The summed E-state index contributed by atoms with van der Waals surface area (Å²) < 4.78 is 28.3. The van der Waals surface area contributed by atoms with Crippen molar-refractivity contribution in [2.75, 3.05) is 28.9 Å². The van der Waals surface area contributed by atoms with E-state index in [1.807, 2.05) is 0 Å². The van der Waals surface area contributed by atoms with Gasteiger partial charge in [0.25, 0.3) is 10.0 Å². The molecule has 0 saturated carbocycles. The average Bonchev–Trinajstić information content (AvgIpc) is 3.27. The molecule has 8 nitrogen and oxygen atoms in total. The summed E-state index contributed by atoms with van der Waals surface area (Å²) >= 11 is 1.43. The number of hydrogen-bond donors (Lipinski definition) is 2. The maximum absolute atomic E-state index is 12.9. The minimum Gasteiger partial charge on any atom is -0.343 e. The van der Waals surface area contributed by atoms with Gasteiger partial charge in [-0.05, 0) is 50.1 Å². The van der Waals surface area contributed by atoms with E-state index in [0.29, 0.717) is 17.0 Å². The van der Waals surface area contributed by atoms with Crippen LogP contribution < -0.4 is 10.0 Å². The molecule has 2 aliphatic rings. The molecule has 2 heterocycles. The highest BCUT2D eigenvalue weighted by Crippen LogP contribution is 2.35. The Hall–Kier alpha value is -2.85. The number of Topliss-reactive ketones (excluding diaryl/α,β-unsaturated/α-hetero) is 1. The second-order valence-electron chi connectivity index (χ2n) is 8.19. The van der Waals surface area contributed by atoms with Crippen LogP contribution in [0.3, 0.4) is 0 Å². The first kappa shape index (κ1) is 23.3. The molecule has 0 unspecified atom stereocenters. The Bertz CT molecular complexity index is 1210. The van der Waals surface area contributed by atoms with E-state index in [1.165, 1.54) is 36.9 Å². The number of likely N-dealkylation sites (tertiary alicyclic amines) is 1. The second kappa shape index (κ2) is 9.56. The number of fused-ring (bicyclic) bond motifs is 1. The van der Waals surface area contributed by atoms with E-state index in [0.717, 1.165) is 30.8 Å². The van der Waals surface area contributed by atoms with Crippen molar-refractivity contribution in [3.63, 3.8) is 0 Å². The number of carbonyl (C=O) groups is 3. The number of carbonyl (C=O) groups excluding carboxylic acids is 3. The van der Waals surface area contributed by atoms with Gasteiger partial charge < -0.3 is 10.2 Å². The molecule has 1 atom stereocenters. The minimum absolute atomic E-state index is 0.0121. The van der Waals surface area contributed by atoms with Crippen molar-refractivity contribution < 1.29 is 22.8 Å². The van der Waals surface area contributed by atoms with Crippen LogP contribution in [0.4, 0.5) is 11.4 Å². The lowest BCUT2D eigenvalue weighted by Crippen LogP contribution is -2.33. The fourth-order valence-electron chi connectivity index (χ4n) is 3.87. The summed E-state index contributed by atoms with van der Waals surface area (Å²) in [5, 5.41) is 2.80. The van der Waals surface area contributed by atoms with Gasteiger partial charge in [0.2, 0.25) is 11.8 Å². The summed E-state index contributed by atoms with van der Waals surface area (Å²) in [4.78, 5) is 39.4. The van der Waals surface area contributed by atoms with Crippen LogP contribution >= 0.6 is 11.8 Å². The molecule has 0 radical (unpaired) electrons. The molecule has 2 N–H and O–H groups in total. The average molecular weight is 488 g/mol. The van der Waals surface area contributed by atoms with E-state index in [2.05, 4.69) is 10.0 Å². The monoisotopic (exact) mass is 487 g/mol. The quantitative estimate of drug-likeness (QED) is 0.604. The van der Waals surface area contributed by atoms with Crippen molar-refractivity contribution in [1.82, 2.24) is 4.90 Å². The molecule has 4 rings (SSSR count).